The number of aromatic nitrogens is 2. The van der Waals surface area contributed by atoms with Gasteiger partial charge in [0.25, 0.3) is 0 Å². The Morgan fingerprint density at radius 3 is 2.75 bits per heavy atom. The standard InChI is InChI=1S/C21H32N6.HI/c1-4-22-21(25(2)15-19-13-24-26(3)16-19)23-14-20-11-8-12-27(20)17-18-9-6-5-7-10-18;/h5-7,9-10,13,16,20H,4,8,11-12,14-15,17H2,1-3H3,(H,22,23);1H. The fourth-order valence-corrected chi connectivity index (χ4v) is 3.69. The summed E-state index contributed by atoms with van der Waals surface area (Å²) in [5, 5.41) is 7.68. The minimum absolute atomic E-state index is 0. The Balaban J connectivity index is 0.00000280. The number of nitrogens with zero attached hydrogens (tertiary/aromatic N) is 5. The first-order valence-electron chi connectivity index (χ1n) is 9.90. The SMILES string of the molecule is CCNC(=NCC1CCCN1Cc1ccccc1)N(C)Cc1cnn(C)c1.I. The lowest BCUT2D eigenvalue weighted by molar-refractivity contribution is 0.250. The Morgan fingerprint density at radius 1 is 1.29 bits per heavy atom. The van der Waals surface area contributed by atoms with E-state index < -0.39 is 0 Å². The molecule has 154 valence electrons. The lowest BCUT2D eigenvalue weighted by atomic mass is 10.2. The lowest BCUT2D eigenvalue weighted by Crippen LogP contribution is -2.40. The van der Waals surface area contributed by atoms with E-state index in [4.69, 9.17) is 4.99 Å². The maximum Gasteiger partial charge on any atom is 0.194 e. The van der Waals surface area contributed by atoms with Gasteiger partial charge >= 0.3 is 0 Å². The van der Waals surface area contributed by atoms with Crippen molar-refractivity contribution >= 4 is 29.9 Å². The summed E-state index contributed by atoms with van der Waals surface area (Å²) in [6.45, 7) is 6.81. The molecule has 1 atom stereocenters. The molecule has 2 heterocycles. The van der Waals surface area contributed by atoms with Gasteiger partial charge in [0.2, 0.25) is 0 Å². The predicted octanol–water partition coefficient (Wildman–Crippen LogP) is 3.10. The van der Waals surface area contributed by atoms with Crippen molar-refractivity contribution in [2.45, 2.75) is 38.9 Å². The molecule has 28 heavy (non-hydrogen) atoms. The van der Waals surface area contributed by atoms with Crippen molar-refractivity contribution in [3.05, 3.63) is 53.9 Å². The highest BCUT2D eigenvalue weighted by molar-refractivity contribution is 14.0. The van der Waals surface area contributed by atoms with E-state index in [1.54, 1.807) is 0 Å². The summed E-state index contributed by atoms with van der Waals surface area (Å²) in [6, 6.07) is 11.3. The Hall–Kier alpha value is -1.61. The van der Waals surface area contributed by atoms with Gasteiger partial charge in [-0.25, -0.2) is 0 Å². The van der Waals surface area contributed by atoms with Gasteiger partial charge < -0.3 is 10.2 Å². The monoisotopic (exact) mass is 496 g/mol. The maximum atomic E-state index is 4.95. The van der Waals surface area contributed by atoms with E-state index >= 15 is 0 Å². The van der Waals surface area contributed by atoms with Gasteiger partial charge in [-0.3, -0.25) is 14.6 Å². The molecule has 0 aliphatic carbocycles. The van der Waals surface area contributed by atoms with Gasteiger partial charge in [0.05, 0.1) is 12.7 Å². The number of halogens is 1. The molecule has 1 N–H and O–H groups in total. The van der Waals surface area contributed by atoms with Crippen molar-refractivity contribution in [1.29, 1.82) is 0 Å². The van der Waals surface area contributed by atoms with Crippen LogP contribution in [0.1, 0.15) is 30.9 Å². The molecule has 1 aliphatic heterocycles. The van der Waals surface area contributed by atoms with E-state index in [1.165, 1.54) is 24.0 Å². The molecule has 0 amide bonds. The summed E-state index contributed by atoms with van der Waals surface area (Å²) in [7, 11) is 4.04. The molecule has 1 aliphatic rings. The molecule has 6 nitrogen and oxygen atoms in total. The number of hydrogen-bond acceptors (Lipinski definition) is 3. The van der Waals surface area contributed by atoms with Crippen LogP contribution in [0.3, 0.4) is 0 Å². The van der Waals surface area contributed by atoms with Gasteiger partial charge in [0.15, 0.2) is 5.96 Å². The van der Waals surface area contributed by atoms with Gasteiger partial charge in [-0.2, -0.15) is 5.10 Å². The quantitative estimate of drug-likeness (QED) is 0.364. The number of benzene rings is 1. The van der Waals surface area contributed by atoms with E-state index in [1.807, 2.05) is 17.9 Å². The minimum atomic E-state index is 0. The van der Waals surface area contributed by atoms with E-state index in [2.05, 4.69) is 70.7 Å². The van der Waals surface area contributed by atoms with Crippen LogP contribution in [0, 0.1) is 0 Å². The number of likely N-dealkylation sites (tertiary alicyclic amines) is 1. The molecular weight excluding hydrogens is 463 g/mol. The van der Waals surface area contributed by atoms with Crippen LogP contribution in [0.15, 0.2) is 47.7 Å². The first-order valence-corrected chi connectivity index (χ1v) is 9.90. The van der Waals surface area contributed by atoms with Crippen LogP contribution in [0.4, 0.5) is 0 Å². The lowest BCUT2D eigenvalue weighted by Gasteiger charge is -2.25. The number of aliphatic imine (C=N–C) groups is 1. The van der Waals surface area contributed by atoms with Crippen LogP contribution in [-0.4, -0.2) is 58.3 Å². The van der Waals surface area contributed by atoms with Crippen molar-refractivity contribution in [1.82, 2.24) is 24.9 Å². The van der Waals surface area contributed by atoms with Gasteiger partial charge in [-0.05, 0) is 31.9 Å². The third kappa shape index (κ3) is 6.48. The summed E-state index contributed by atoms with van der Waals surface area (Å²) < 4.78 is 1.84. The first kappa shape index (κ1) is 22.7. The van der Waals surface area contributed by atoms with Gasteiger partial charge in [0.1, 0.15) is 0 Å². The smallest absolute Gasteiger partial charge is 0.194 e. The molecular formula is C21H33IN6. The highest BCUT2D eigenvalue weighted by Crippen LogP contribution is 2.20. The van der Waals surface area contributed by atoms with Crippen LogP contribution >= 0.6 is 24.0 Å². The van der Waals surface area contributed by atoms with Gasteiger partial charge in [0, 0.05) is 51.5 Å². The van der Waals surface area contributed by atoms with E-state index in [0.29, 0.717) is 6.04 Å². The average molecular weight is 496 g/mol. The van der Waals surface area contributed by atoms with Crippen molar-refractivity contribution in [3.8, 4) is 0 Å². The second-order valence-electron chi connectivity index (χ2n) is 7.33. The molecule has 1 unspecified atom stereocenters. The number of aryl methyl sites for hydroxylation is 1. The highest BCUT2D eigenvalue weighted by atomic mass is 127. The topological polar surface area (TPSA) is 48.7 Å². The van der Waals surface area contributed by atoms with E-state index in [9.17, 15) is 0 Å². The van der Waals surface area contributed by atoms with Crippen LogP contribution in [0.5, 0.6) is 0 Å². The van der Waals surface area contributed by atoms with Crippen molar-refractivity contribution in [3.63, 3.8) is 0 Å². The second kappa shape index (κ2) is 11.4. The summed E-state index contributed by atoms with van der Waals surface area (Å²) in [5.74, 6) is 0.966. The zero-order valence-electron chi connectivity index (χ0n) is 17.2. The Kier molecular flexibility index (Phi) is 9.24. The fourth-order valence-electron chi connectivity index (χ4n) is 3.69. The summed E-state index contributed by atoms with van der Waals surface area (Å²) in [6.07, 6.45) is 6.45. The zero-order valence-corrected chi connectivity index (χ0v) is 19.5. The molecule has 0 radical (unpaired) electrons. The predicted molar refractivity (Wildman–Crippen MR) is 126 cm³/mol. The van der Waals surface area contributed by atoms with Crippen LogP contribution in [0.2, 0.25) is 0 Å². The molecule has 0 spiro atoms. The van der Waals surface area contributed by atoms with Crippen LogP contribution in [0.25, 0.3) is 0 Å². The van der Waals surface area contributed by atoms with Crippen LogP contribution in [-0.2, 0) is 20.1 Å². The Morgan fingerprint density at radius 2 is 2.07 bits per heavy atom. The van der Waals surface area contributed by atoms with Gasteiger partial charge in [-0.15, -0.1) is 24.0 Å². The minimum Gasteiger partial charge on any atom is -0.357 e. The molecule has 0 bridgehead atoms. The highest BCUT2D eigenvalue weighted by Gasteiger charge is 2.24. The molecule has 7 heteroatoms. The largest absolute Gasteiger partial charge is 0.357 e. The van der Waals surface area contributed by atoms with E-state index in [0.717, 1.165) is 38.7 Å². The second-order valence-corrected chi connectivity index (χ2v) is 7.33. The molecule has 1 aromatic heterocycles. The van der Waals surface area contributed by atoms with E-state index in [-0.39, 0.29) is 24.0 Å². The van der Waals surface area contributed by atoms with Crippen molar-refractivity contribution in [2.24, 2.45) is 12.0 Å². The number of guanidine groups is 1. The molecule has 3 rings (SSSR count). The number of nitrogens with one attached hydrogen (secondary N) is 1. The fraction of sp³-hybridized carbons (Fsp3) is 0.524. The Labute approximate surface area is 186 Å². The maximum absolute atomic E-state index is 4.95. The normalized spacial score (nSPS) is 17.4. The van der Waals surface area contributed by atoms with Crippen LogP contribution < -0.4 is 5.32 Å². The third-order valence-electron chi connectivity index (χ3n) is 5.05. The third-order valence-corrected chi connectivity index (χ3v) is 5.05. The Bertz CT molecular complexity index is 730. The number of hydrogen-bond donors (Lipinski definition) is 1. The zero-order chi connectivity index (χ0) is 19.1. The van der Waals surface area contributed by atoms with Crippen molar-refractivity contribution in [2.75, 3.05) is 26.7 Å². The van der Waals surface area contributed by atoms with Crippen molar-refractivity contribution < 1.29 is 0 Å². The molecule has 2 aromatic rings. The summed E-state index contributed by atoms with van der Waals surface area (Å²) >= 11 is 0. The molecule has 0 saturated carbocycles. The number of rotatable bonds is 7. The molecule has 1 aromatic carbocycles. The molecule has 1 fully saturated rings. The summed E-state index contributed by atoms with van der Waals surface area (Å²) in [5.41, 5.74) is 2.58. The molecule has 1 saturated heterocycles. The average Bonchev–Trinajstić information content (AvgIpc) is 3.28. The van der Waals surface area contributed by atoms with Gasteiger partial charge in [-0.1, -0.05) is 30.3 Å². The first-order chi connectivity index (χ1) is 13.2. The summed E-state index contributed by atoms with van der Waals surface area (Å²) in [4.78, 5) is 9.70.